The lowest BCUT2D eigenvalue weighted by atomic mass is 9.87. The first-order valence-corrected chi connectivity index (χ1v) is 6.26. The van der Waals surface area contributed by atoms with Crippen LogP contribution < -0.4 is 5.46 Å². The summed E-state index contributed by atoms with van der Waals surface area (Å²) in [5.74, 6) is 0. The average Bonchev–Trinajstić information content (AvgIpc) is 2.31. The molecule has 3 heteroatoms. The van der Waals surface area contributed by atoms with Crippen LogP contribution in [0, 0.1) is 0 Å². The fraction of sp³-hybridized carbons (Fsp3) is 0.333. The van der Waals surface area contributed by atoms with E-state index in [2.05, 4.69) is 23.1 Å². The highest BCUT2D eigenvalue weighted by Crippen LogP contribution is 2.25. The van der Waals surface area contributed by atoms with Crippen molar-refractivity contribution in [2.24, 2.45) is 0 Å². The molecular weight excluding hydrogens is 221 g/mol. The van der Waals surface area contributed by atoms with Crippen LogP contribution in [0.1, 0.15) is 12.5 Å². The minimum atomic E-state index is -0.510. The molecule has 90 valence electrons. The van der Waals surface area contributed by atoms with E-state index in [9.17, 15) is 5.11 Å². The molecule has 0 aliphatic carbocycles. The largest absolute Gasteiger partial charge is 0.388 e. The van der Waals surface area contributed by atoms with Gasteiger partial charge < -0.3 is 5.11 Å². The van der Waals surface area contributed by atoms with Gasteiger partial charge in [-0.3, -0.25) is 4.90 Å². The fourth-order valence-electron chi connectivity index (χ4n) is 2.79. The van der Waals surface area contributed by atoms with E-state index in [-0.39, 0.29) is 0 Å². The zero-order chi connectivity index (χ0) is 12.8. The maximum atomic E-state index is 9.76. The Labute approximate surface area is 109 Å². The molecule has 0 atom stereocenters. The lowest BCUT2D eigenvalue weighted by molar-refractivity contribution is -0.0869. The first-order chi connectivity index (χ1) is 8.55. The number of β-amino-alcohol motifs (C(OH)–C–C–N with tert-alkyl or cyclic N) is 1. The molecule has 0 unspecified atom stereocenters. The van der Waals surface area contributed by atoms with Crippen molar-refractivity contribution in [3.8, 4) is 0 Å². The Morgan fingerprint density at radius 3 is 2.50 bits per heavy atom. The third-order valence-electron chi connectivity index (χ3n) is 3.57. The molecule has 1 heterocycles. The topological polar surface area (TPSA) is 23.5 Å². The van der Waals surface area contributed by atoms with E-state index in [0.29, 0.717) is 0 Å². The summed E-state index contributed by atoms with van der Waals surface area (Å²) in [4.78, 5) is 2.25. The van der Waals surface area contributed by atoms with Crippen LogP contribution in [0.25, 0.3) is 10.8 Å². The van der Waals surface area contributed by atoms with E-state index in [0.717, 1.165) is 30.5 Å². The van der Waals surface area contributed by atoms with Gasteiger partial charge in [0.15, 0.2) is 0 Å². The Bertz CT molecular complexity index is 586. The van der Waals surface area contributed by atoms with Gasteiger partial charge in [0, 0.05) is 19.6 Å². The normalized spacial score (nSPS) is 18.8. The summed E-state index contributed by atoms with van der Waals surface area (Å²) < 4.78 is 0. The molecule has 1 aliphatic rings. The van der Waals surface area contributed by atoms with Gasteiger partial charge in [0.05, 0.1) is 5.60 Å². The van der Waals surface area contributed by atoms with Gasteiger partial charge in [-0.25, -0.2) is 0 Å². The number of hydrogen-bond donors (Lipinski definition) is 1. The minimum absolute atomic E-state index is 0.510. The van der Waals surface area contributed by atoms with Crippen molar-refractivity contribution in [1.29, 1.82) is 0 Å². The van der Waals surface area contributed by atoms with E-state index in [1.807, 2.05) is 25.1 Å². The summed E-state index contributed by atoms with van der Waals surface area (Å²) in [5.41, 5.74) is 1.59. The third-order valence-corrected chi connectivity index (χ3v) is 3.57. The summed E-state index contributed by atoms with van der Waals surface area (Å²) in [7, 11) is 5.99. The van der Waals surface area contributed by atoms with Crippen molar-refractivity contribution < 1.29 is 5.11 Å². The third kappa shape index (κ3) is 2.04. The molecular formula is C15H16BNO. The molecule has 1 aliphatic heterocycles. The number of fused-ring (bicyclic) bond motifs is 1. The number of benzene rings is 2. The zero-order valence-electron chi connectivity index (χ0n) is 10.6. The Morgan fingerprint density at radius 1 is 1.17 bits per heavy atom. The molecule has 2 aromatic carbocycles. The van der Waals surface area contributed by atoms with Gasteiger partial charge >= 0.3 is 0 Å². The predicted molar refractivity (Wildman–Crippen MR) is 75.2 cm³/mol. The smallest absolute Gasteiger partial charge is 0.114 e. The molecule has 0 spiro atoms. The molecule has 2 radical (unpaired) electrons. The highest BCUT2D eigenvalue weighted by Gasteiger charge is 2.36. The Balaban J connectivity index is 1.91. The van der Waals surface area contributed by atoms with Gasteiger partial charge in [-0.05, 0) is 23.3 Å². The number of nitrogens with zero attached hydrogens (tertiary/aromatic N) is 1. The molecule has 0 saturated carbocycles. The van der Waals surface area contributed by atoms with Crippen LogP contribution in [0.4, 0.5) is 0 Å². The van der Waals surface area contributed by atoms with Gasteiger partial charge in [0.25, 0.3) is 0 Å². The zero-order valence-corrected chi connectivity index (χ0v) is 10.6. The fourth-order valence-corrected chi connectivity index (χ4v) is 2.79. The highest BCUT2D eigenvalue weighted by atomic mass is 16.3. The molecule has 18 heavy (non-hydrogen) atoms. The van der Waals surface area contributed by atoms with Crippen molar-refractivity contribution in [3.63, 3.8) is 0 Å². The van der Waals surface area contributed by atoms with Crippen LogP contribution in [-0.2, 0) is 6.54 Å². The molecule has 3 rings (SSSR count). The monoisotopic (exact) mass is 237 g/mol. The van der Waals surface area contributed by atoms with Gasteiger partial charge in [-0.2, -0.15) is 0 Å². The van der Waals surface area contributed by atoms with E-state index < -0.39 is 5.60 Å². The van der Waals surface area contributed by atoms with E-state index >= 15 is 0 Å². The minimum Gasteiger partial charge on any atom is -0.388 e. The van der Waals surface area contributed by atoms with Crippen molar-refractivity contribution in [3.05, 3.63) is 42.0 Å². The summed E-state index contributed by atoms with van der Waals surface area (Å²) in [6.07, 6.45) is 0. The lowest BCUT2D eigenvalue weighted by Crippen LogP contribution is -2.59. The van der Waals surface area contributed by atoms with Gasteiger partial charge in [0.2, 0.25) is 0 Å². The van der Waals surface area contributed by atoms with Gasteiger partial charge in [-0.15, -0.1) is 0 Å². The summed E-state index contributed by atoms with van der Waals surface area (Å²) in [6.45, 7) is 4.24. The Hall–Kier alpha value is -1.32. The van der Waals surface area contributed by atoms with Crippen molar-refractivity contribution in [2.75, 3.05) is 13.1 Å². The van der Waals surface area contributed by atoms with E-state index in [4.69, 9.17) is 7.85 Å². The van der Waals surface area contributed by atoms with E-state index in [1.165, 1.54) is 10.9 Å². The standard InChI is InChI=1S/C15H16BNO/c1-15(18)9-17(10-15)8-11-6-7-14(16)13-5-3-2-4-12(11)13/h2-7,18H,8-10H2,1H3. The van der Waals surface area contributed by atoms with Crippen LogP contribution in [0.3, 0.4) is 0 Å². The maximum Gasteiger partial charge on any atom is 0.114 e. The van der Waals surface area contributed by atoms with Crippen LogP contribution in [-0.4, -0.2) is 36.5 Å². The number of rotatable bonds is 2. The van der Waals surface area contributed by atoms with Crippen LogP contribution in [0.5, 0.6) is 0 Å². The van der Waals surface area contributed by atoms with Crippen LogP contribution in [0.15, 0.2) is 36.4 Å². The summed E-state index contributed by atoms with van der Waals surface area (Å²) in [5, 5.41) is 12.1. The molecule has 1 saturated heterocycles. The van der Waals surface area contributed by atoms with Crippen molar-refractivity contribution in [2.45, 2.75) is 19.1 Å². The predicted octanol–water partition coefficient (Wildman–Crippen LogP) is 1.20. The lowest BCUT2D eigenvalue weighted by Gasteiger charge is -2.44. The number of aliphatic hydroxyl groups is 1. The van der Waals surface area contributed by atoms with Crippen molar-refractivity contribution in [1.82, 2.24) is 4.90 Å². The second-order valence-corrected chi connectivity index (χ2v) is 5.50. The quantitative estimate of drug-likeness (QED) is 0.793. The SMILES string of the molecule is [B]c1ccc(CN2CC(C)(O)C2)c2ccccc12. The number of hydrogen-bond acceptors (Lipinski definition) is 2. The Kier molecular flexibility index (Phi) is 2.69. The molecule has 2 aromatic rings. The molecule has 2 nitrogen and oxygen atoms in total. The highest BCUT2D eigenvalue weighted by molar-refractivity contribution is 6.38. The molecule has 1 fully saturated rings. The van der Waals surface area contributed by atoms with E-state index in [1.54, 1.807) is 0 Å². The maximum absolute atomic E-state index is 9.76. The molecule has 1 N–H and O–H groups in total. The van der Waals surface area contributed by atoms with Gasteiger partial charge in [-0.1, -0.05) is 41.9 Å². The molecule has 0 amide bonds. The first-order valence-electron chi connectivity index (χ1n) is 6.26. The van der Waals surface area contributed by atoms with Crippen LogP contribution >= 0.6 is 0 Å². The summed E-state index contributed by atoms with van der Waals surface area (Å²) >= 11 is 0. The second kappa shape index (κ2) is 4.11. The van der Waals surface area contributed by atoms with Crippen molar-refractivity contribution >= 4 is 24.1 Å². The van der Waals surface area contributed by atoms with Gasteiger partial charge in [0.1, 0.15) is 7.85 Å². The average molecular weight is 237 g/mol. The molecule has 0 aromatic heterocycles. The first kappa shape index (κ1) is 11.8. The Morgan fingerprint density at radius 2 is 1.83 bits per heavy atom. The van der Waals surface area contributed by atoms with Crippen LogP contribution in [0.2, 0.25) is 0 Å². The number of likely N-dealkylation sites (tertiary alicyclic amines) is 1. The molecule has 0 bridgehead atoms. The summed E-state index contributed by atoms with van der Waals surface area (Å²) in [6, 6.07) is 12.3. The second-order valence-electron chi connectivity index (χ2n) is 5.50.